The van der Waals surface area contributed by atoms with Gasteiger partial charge in [0.15, 0.2) is 4.67 Å². The van der Waals surface area contributed by atoms with Crippen LogP contribution < -0.4 is 5.32 Å². The molecule has 1 aromatic rings. The lowest BCUT2D eigenvalue weighted by Gasteiger charge is -2.19. The Hall–Kier alpha value is -0.370. The summed E-state index contributed by atoms with van der Waals surface area (Å²) in [5.74, 6) is 0.632. The summed E-state index contributed by atoms with van der Waals surface area (Å²) in [4.78, 5) is 0.230. The van der Waals surface area contributed by atoms with Crippen LogP contribution in [0, 0.1) is 5.41 Å². The summed E-state index contributed by atoms with van der Waals surface area (Å²) in [5.41, 5.74) is 0.0365. The third kappa shape index (κ3) is 3.88. The Morgan fingerprint density at radius 3 is 2.76 bits per heavy atom. The molecule has 0 spiro atoms. The molecule has 0 saturated carbocycles. The van der Waals surface area contributed by atoms with Crippen LogP contribution >= 0.6 is 15.9 Å². The molecule has 1 saturated heterocycles. The molecular weight excluding hydrogens is 356 g/mol. The third-order valence-electron chi connectivity index (χ3n) is 3.69. The van der Waals surface area contributed by atoms with Gasteiger partial charge in [-0.05, 0) is 40.7 Å². The summed E-state index contributed by atoms with van der Waals surface area (Å²) in [7, 11) is -3.49. The molecule has 0 aromatic carbocycles. The molecular formula is C14H23BrN2O3S. The van der Waals surface area contributed by atoms with Gasteiger partial charge in [-0.15, -0.1) is 0 Å². The van der Waals surface area contributed by atoms with E-state index >= 15 is 0 Å². The summed E-state index contributed by atoms with van der Waals surface area (Å²) in [6, 6.07) is 1.62. The van der Waals surface area contributed by atoms with E-state index in [9.17, 15) is 8.42 Å². The minimum atomic E-state index is -3.49. The van der Waals surface area contributed by atoms with Crippen LogP contribution in [0.4, 0.5) is 0 Å². The average molecular weight is 379 g/mol. The van der Waals surface area contributed by atoms with Gasteiger partial charge < -0.3 is 9.73 Å². The van der Waals surface area contributed by atoms with E-state index in [0.717, 1.165) is 19.4 Å². The molecule has 0 aliphatic carbocycles. The highest BCUT2D eigenvalue weighted by Crippen LogP contribution is 2.35. The van der Waals surface area contributed by atoms with Crippen LogP contribution in [0.1, 0.15) is 39.4 Å². The van der Waals surface area contributed by atoms with Gasteiger partial charge in [-0.25, -0.2) is 8.42 Å². The van der Waals surface area contributed by atoms with E-state index in [0.29, 0.717) is 30.1 Å². The van der Waals surface area contributed by atoms with Crippen LogP contribution in [0.5, 0.6) is 0 Å². The molecule has 1 N–H and O–H groups in total. The topological polar surface area (TPSA) is 62.6 Å². The second kappa shape index (κ2) is 6.40. The van der Waals surface area contributed by atoms with Crippen LogP contribution in [-0.2, 0) is 16.6 Å². The number of nitrogens with one attached hydrogen (secondary N) is 1. The second-order valence-electron chi connectivity index (χ2n) is 6.28. The lowest BCUT2D eigenvalue weighted by Crippen LogP contribution is -2.30. The van der Waals surface area contributed by atoms with Crippen LogP contribution in [0.3, 0.4) is 0 Å². The van der Waals surface area contributed by atoms with E-state index in [-0.39, 0.29) is 10.3 Å². The van der Waals surface area contributed by atoms with Crippen molar-refractivity contribution in [2.45, 2.75) is 45.1 Å². The van der Waals surface area contributed by atoms with Crippen LogP contribution in [0.2, 0.25) is 0 Å². The Morgan fingerprint density at radius 2 is 2.19 bits per heavy atom. The minimum absolute atomic E-state index is 0.0365. The van der Waals surface area contributed by atoms with Gasteiger partial charge in [0.25, 0.3) is 0 Å². The van der Waals surface area contributed by atoms with Crippen molar-refractivity contribution in [2.24, 2.45) is 5.41 Å². The fraction of sp³-hybridized carbons (Fsp3) is 0.714. The van der Waals surface area contributed by atoms with Gasteiger partial charge >= 0.3 is 0 Å². The molecule has 120 valence electrons. The lowest BCUT2D eigenvalue weighted by molar-refractivity contribution is 0.375. The zero-order chi connectivity index (χ0) is 15.7. The Bertz CT molecular complexity index is 595. The molecule has 0 amide bonds. The molecule has 5 nitrogen and oxygen atoms in total. The van der Waals surface area contributed by atoms with Crippen molar-refractivity contribution in [1.82, 2.24) is 9.62 Å². The van der Waals surface area contributed by atoms with E-state index in [4.69, 9.17) is 4.42 Å². The van der Waals surface area contributed by atoms with Gasteiger partial charge in [0.1, 0.15) is 10.7 Å². The molecule has 0 radical (unpaired) electrons. The molecule has 21 heavy (non-hydrogen) atoms. The van der Waals surface area contributed by atoms with Crippen molar-refractivity contribution in [3.63, 3.8) is 0 Å². The number of halogens is 1. The molecule has 1 aliphatic rings. The fourth-order valence-corrected chi connectivity index (χ4v) is 5.05. The standard InChI is InChI=1S/C14H23BrN2O3S/c1-4-6-16-9-11-8-12(13(15)20-11)21(18,19)17-7-5-14(2,3)10-17/h8,16H,4-7,9-10H2,1-3H3. The van der Waals surface area contributed by atoms with Gasteiger partial charge in [-0.2, -0.15) is 4.31 Å². The highest BCUT2D eigenvalue weighted by molar-refractivity contribution is 9.10. The first-order chi connectivity index (χ1) is 9.76. The Morgan fingerprint density at radius 1 is 1.48 bits per heavy atom. The number of hydrogen-bond donors (Lipinski definition) is 1. The number of furan rings is 1. The minimum Gasteiger partial charge on any atom is -0.452 e. The van der Waals surface area contributed by atoms with Crippen molar-refractivity contribution in [2.75, 3.05) is 19.6 Å². The largest absolute Gasteiger partial charge is 0.452 e. The smallest absolute Gasteiger partial charge is 0.247 e. The Balaban J connectivity index is 2.17. The van der Waals surface area contributed by atoms with E-state index < -0.39 is 10.0 Å². The van der Waals surface area contributed by atoms with E-state index in [1.165, 1.54) is 0 Å². The molecule has 7 heteroatoms. The number of nitrogens with zero attached hydrogens (tertiary/aromatic N) is 1. The van der Waals surface area contributed by atoms with Crippen molar-refractivity contribution in [3.05, 3.63) is 16.5 Å². The summed E-state index contributed by atoms with van der Waals surface area (Å²) >= 11 is 3.24. The van der Waals surface area contributed by atoms with Crippen molar-refractivity contribution in [1.29, 1.82) is 0 Å². The zero-order valence-electron chi connectivity index (χ0n) is 12.8. The van der Waals surface area contributed by atoms with Crippen molar-refractivity contribution >= 4 is 26.0 Å². The van der Waals surface area contributed by atoms with E-state index in [1.807, 2.05) is 0 Å². The number of sulfonamides is 1. The van der Waals surface area contributed by atoms with Gasteiger partial charge in [0, 0.05) is 19.2 Å². The maximum absolute atomic E-state index is 12.7. The summed E-state index contributed by atoms with van der Waals surface area (Å²) < 4.78 is 32.8. The van der Waals surface area contributed by atoms with Gasteiger partial charge in [-0.3, -0.25) is 0 Å². The molecule has 2 heterocycles. The number of hydrogen-bond acceptors (Lipinski definition) is 4. The molecule has 1 aromatic heterocycles. The number of rotatable bonds is 6. The first-order valence-electron chi connectivity index (χ1n) is 7.25. The van der Waals surface area contributed by atoms with Crippen molar-refractivity contribution in [3.8, 4) is 0 Å². The van der Waals surface area contributed by atoms with E-state index in [1.54, 1.807) is 10.4 Å². The van der Waals surface area contributed by atoms with Crippen LogP contribution in [-0.4, -0.2) is 32.4 Å². The Labute approximate surface area is 135 Å². The SMILES string of the molecule is CCCNCc1cc(S(=O)(=O)N2CCC(C)(C)C2)c(Br)o1. The molecule has 2 rings (SSSR count). The maximum Gasteiger partial charge on any atom is 0.247 e. The predicted octanol–water partition coefficient (Wildman–Crippen LogP) is 2.96. The lowest BCUT2D eigenvalue weighted by atomic mass is 9.93. The normalized spacial score (nSPS) is 19.2. The van der Waals surface area contributed by atoms with Crippen LogP contribution in [0.25, 0.3) is 0 Å². The Kier molecular flexibility index (Phi) is 5.18. The average Bonchev–Trinajstić information content (AvgIpc) is 2.93. The molecule has 0 bridgehead atoms. The quantitative estimate of drug-likeness (QED) is 0.772. The highest BCUT2D eigenvalue weighted by Gasteiger charge is 2.38. The highest BCUT2D eigenvalue weighted by atomic mass is 79.9. The molecule has 0 unspecified atom stereocenters. The fourth-order valence-electron chi connectivity index (χ4n) is 2.46. The van der Waals surface area contributed by atoms with Gasteiger partial charge in [-0.1, -0.05) is 20.8 Å². The zero-order valence-corrected chi connectivity index (χ0v) is 15.2. The van der Waals surface area contributed by atoms with Gasteiger partial charge in [0.05, 0.1) is 6.54 Å². The summed E-state index contributed by atoms with van der Waals surface area (Å²) in [6.07, 6.45) is 1.91. The van der Waals surface area contributed by atoms with Gasteiger partial charge in [0.2, 0.25) is 10.0 Å². The summed E-state index contributed by atoms with van der Waals surface area (Å²) in [5, 5.41) is 3.20. The first kappa shape index (κ1) is 17.0. The molecule has 0 atom stereocenters. The predicted molar refractivity (Wildman–Crippen MR) is 85.6 cm³/mol. The van der Waals surface area contributed by atoms with Crippen LogP contribution in [0.15, 0.2) is 20.0 Å². The second-order valence-corrected chi connectivity index (χ2v) is 8.91. The molecule has 1 aliphatic heterocycles. The third-order valence-corrected chi connectivity index (χ3v) is 6.39. The van der Waals surface area contributed by atoms with E-state index in [2.05, 4.69) is 42.0 Å². The van der Waals surface area contributed by atoms with Crippen molar-refractivity contribution < 1.29 is 12.8 Å². The summed E-state index contributed by atoms with van der Waals surface area (Å²) in [6.45, 7) is 8.79. The monoisotopic (exact) mass is 378 g/mol. The maximum atomic E-state index is 12.7. The molecule has 1 fully saturated rings. The first-order valence-corrected chi connectivity index (χ1v) is 9.49.